The fraction of sp³-hybridized carbons (Fsp3) is 0.167. The molecule has 0 unspecified atom stereocenters. The molecule has 2 rings (SSSR count). The summed E-state index contributed by atoms with van der Waals surface area (Å²) in [5, 5.41) is 7.84. The zero-order chi connectivity index (χ0) is 14.0. The van der Waals surface area contributed by atoms with E-state index in [1.165, 1.54) is 0 Å². The van der Waals surface area contributed by atoms with Crippen molar-refractivity contribution in [1.29, 1.82) is 0 Å². The third-order valence-corrected chi connectivity index (χ3v) is 4.18. The van der Waals surface area contributed by atoms with Crippen molar-refractivity contribution in [1.82, 2.24) is 0 Å². The number of aliphatic imine (C=N–C) groups is 1. The fourth-order valence-corrected chi connectivity index (χ4v) is 2.61. The molecule has 1 N–H and O–H groups in total. The van der Waals surface area contributed by atoms with Crippen molar-refractivity contribution < 1.29 is 23.1 Å². The molecule has 7 heteroatoms. The first-order valence-electron chi connectivity index (χ1n) is 5.36. The van der Waals surface area contributed by atoms with E-state index in [0.717, 1.165) is 11.8 Å². The lowest BCUT2D eigenvalue weighted by Crippen LogP contribution is -2.24. The summed E-state index contributed by atoms with van der Waals surface area (Å²) in [6.45, 7) is 1.64. The average Bonchev–Trinajstić information content (AvgIpc) is 2.62. The van der Waals surface area contributed by atoms with E-state index in [4.69, 9.17) is 9.84 Å². The number of carbonyl (C=O) groups is 1. The summed E-state index contributed by atoms with van der Waals surface area (Å²) >= 11 is 0. The van der Waals surface area contributed by atoms with Crippen LogP contribution >= 0.6 is 0 Å². The monoisotopic (exact) mass is 281 g/mol. The molecule has 0 saturated carbocycles. The molecule has 1 aliphatic rings. The molecule has 1 aromatic rings. The van der Waals surface area contributed by atoms with Crippen LogP contribution in [-0.4, -0.2) is 31.1 Å². The molecule has 0 bridgehead atoms. The highest BCUT2D eigenvalue weighted by atomic mass is 32.2. The number of sulfone groups is 1. The second-order valence-corrected chi connectivity index (χ2v) is 5.86. The Morgan fingerprint density at radius 1 is 1.42 bits per heavy atom. The van der Waals surface area contributed by atoms with E-state index in [9.17, 15) is 13.2 Å². The van der Waals surface area contributed by atoms with Crippen molar-refractivity contribution in [3.63, 3.8) is 0 Å². The molecule has 0 saturated heterocycles. The fourth-order valence-electron chi connectivity index (χ4n) is 1.54. The maximum Gasteiger partial charge on any atom is 0.366 e. The van der Waals surface area contributed by atoms with Gasteiger partial charge in [-0.1, -0.05) is 12.1 Å². The first-order valence-corrected chi connectivity index (χ1v) is 6.84. The van der Waals surface area contributed by atoms with Crippen molar-refractivity contribution in [2.45, 2.75) is 6.92 Å². The third-order valence-electron chi connectivity index (χ3n) is 2.48. The maximum atomic E-state index is 11.8. The number of benzene rings is 1. The van der Waals surface area contributed by atoms with E-state index >= 15 is 0 Å². The van der Waals surface area contributed by atoms with Crippen LogP contribution < -0.4 is 4.74 Å². The minimum absolute atomic E-state index is 0.161. The minimum Gasteiger partial charge on any atom is -0.488 e. The largest absolute Gasteiger partial charge is 0.488 e. The molecular weight excluding hydrogens is 270 g/mol. The van der Waals surface area contributed by atoms with E-state index in [2.05, 4.69) is 4.99 Å². The summed E-state index contributed by atoms with van der Waals surface area (Å²) in [7, 11) is -4.02. The quantitative estimate of drug-likeness (QED) is 0.892. The molecule has 19 heavy (non-hydrogen) atoms. The van der Waals surface area contributed by atoms with E-state index in [1.54, 1.807) is 18.2 Å². The zero-order valence-electron chi connectivity index (χ0n) is 10.0. The molecule has 1 aromatic carbocycles. The number of ether oxygens (including phenoxy) is 1. The second kappa shape index (κ2) is 4.85. The van der Waals surface area contributed by atoms with Crippen LogP contribution in [0.25, 0.3) is 0 Å². The Labute approximate surface area is 110 Å². The number of hydrogen-bond acceptors (Lipinski definition) is 5. The van der Waals surface area contributed by atoms with Crippen molar-refractivity contribution in [2.75, 3.05) is 6.61 Å². The third kappa shape index (κ3) is 2.65. The summed E-state index contributed by atoms with van der Waals surface area (Å²) in [4.78, 5) is 13.9. The number of aliphatic carboxylic acids is 1. The standard InChI is InChI=1S/C12H11NO5S/c1-8-3-2-4-9(5-8)18-7-10-6-13-11(12(14)15)19(10,16)17/h2-6H,7H2,1H3,(H,14,15). The summed E-state index contributed by atoms with van der Waals surface area (Å²) in [6, 6.07) is 7.10. The summed E-state index contributed by atoms with van der Waals surface area (Å²) in [5.74, 6) is -1.05. The van der Waals surface area contributed by atoms with Gasteiger partial charge in [-0.3, -0.25) is 0 Å². The Bertz CT molecular complexity index is 688. The molecular formula is C12H11NO5S. The Morgan fingerprint density at radius 3 is 2.74 bits per heavy atom. The molecule has 0 amide bonds. The predicted molar refractivity (Wildman–Crippen MR) is 68.7 cm³/mol. The molecule has 0 fully saturated rings. The van der Waals surface area contributed by atoms with Gasteiger partial charge in [-0.15, -0.1) is 0 Å². The Balaban J connectivity index is 2.09. The molecule has 0 aliphatic carbocycles. The van der Waals surface area contributed by atoms with Crippen LogP contribution in [0.4, 0.5) is 0 Å². The number of nitrogens with zero attached hydrogens (tertiary/aromatic N) is 1. The summed E-state index contributed by atoms with van der Waals surface area (Å²) in [6.07, 6.45) is 1.01. The molecule has 0 radical (unpaired) electrons. The van der Waals surface area contributed by atoms with Crippen molar-refractivity contribution in [2.24, 2.45) is 4.99 Å². The lowest BCUT2D eigenvalue weighted by atomic mass is 10.2. The van der Waals surface area contributed by atoms with Crippen LogP contribution in [0.5, 0.6) is 5.75 Å². The lowest BCUT2D eigenvalue weighted by Gasteiger charge is -2.07. The molecule has 100 valence electrons. The van der Waals surface area contributed by atoms with Crippen molar-refractivity contribution in [3.8, 4) is 5.75 Å². The van der Waals surface area contributed by atoms with Gasteiger partial charge < -0.3 is 9.84 Å². The van der Waals surface area contributed by atoms with Gasteiger partial charge in [-0.05, 0) is 24.6 Å². The molecule has 1 aliphatic heterocycles. The molecule has 6 nitrogen and oxygen atoms in total. The summed E-state index contributed by atoms with van der Waals surface area (Å²) < 4.78 is 28.8. The Kier molecular flexibility index (Phi) is 3.39. The highest BCUT2D eigenvalue weighted by Gasteiger charge is 2.35. The minimum atomic E-state index is -4.02. The van der Waals surface area contributed by atoms with Crippen LogP contribution in [0.15, 0.2) is 40.4 Å². The van der Waals surface area contributed by atoms with Crippen LogP contribution in [0, 0.1) is 6.92 Å². The first kappa shape index (κ1) is 13.3. The van der Waals surface area contributed by atoms with Gasteiger partial charge >= 0.3 is 5.97 Å². The second-order valence-electron chi connectivity index (χ2n) is 3.94. The van der Waals surface area contributed by atoms with E-state index < -0.39 is 20.9 Å². The predicted octanol–water partition coefficient (Wildman–Crippen LogP) is 1.13. The number of rotatable bonds is 4. The number of carboxylic acid groups (broad SMARTS) is 1. The highest BCUT2D eigenvalue weighted by Crippen LogP contribution is 2.20. The summed E-state index contributed by atoms with van der Waals surface area (Å²) in [5.41, 5.74) is 0.975. The zero-order valence-corrected chi connectivity index (χ0v) is 10.8. The average molecular weight is 281 g/mol. The van der Waals surface area contributed by atoms with E-state index in [-0.39, 0.29) is 11.5 Å². The number of hydrogen-bond donors (Lipinski definition) is 1. The lowest BCUT2D eigenvalue weighted by molar-refractivity contribution is -0.129. The van der Waals surface area contributed by atoms with Gasteiger partial charge in [0, 0.05) is 6.20 Å². The van der Waals surface area contributed by atoms with E-state index in [0.29, 0.717) is 5.75 Å². The van der Waals surface area contributed by atoms with Gasteiger partial charge in [0.1, 0.15) is 17.3 Å². The van der Waals surface area contributed by atoms with Gasteiger partial charge in [0.25, 0.3) is 0 Å². The van der Waals surface area contributed by atoms with E-state index in [1.807, 2.05) is 13.0 Å². The van der Waals surface area contributed by atoms with Gasteiger partial charge in [-0.25, -0.2) is 18.2 Å². The van der Waals surface area contributed by atoms with Gasteiger partial charge in [0.05, 0.1) is 0 Å². The van der Waals surface area contributed by atoms with Gasteiger partial charge in [0.15, 0.2) is 0 Å². The Hall–Kier alpha value is -2.15. The normalized spacial score (nSPS) is 16.7. The SMILES string of the molecule is Cc1cccc(OCC2=CN=C(C(=O)O)S2(=O)=O)c1. The topological polar surface area (TPSA) is 93.0 Å². The smallest absolute Gasteiger partial charge is 0.366 e. The van der Waals surface area contributed by atoms with Crippen molar-refractivity contribution in [3.05, 3.63) is 40.9 Å². The van der Waals surface area contributed by atoms with Crippen molar-refractivity contribution >= 4 is 20.9 Å². The van der Waals surface area contributed by atoms with Crippen LogP contribution in [0.2, 0.25) is 0 Å². The van der Waals surface area contributed by atoms with Crippen LogP contribution in [0.3, 0.4) is 0 Å². The number of carboxylic acids is 1. The van der Waals surface area contributed by atoms with Gasteiger partial charge in [-0.2, -0.15) is 0 Å². The number of aryl methyl sites for hydroxylation is 1. The highest BCUT2D eigenvalue weighted by molar-refractivity contribution is 8.11. The van der Waals surface area contributed by atoms with Gasteiger partial charge in [0.2, 0.25) is 14.9 Å². The first-order chi connectivity index (χ1) is 8.91. The molecule has 0 aromatic heterocycles. The maximum absolute atomic E-state index is 11.8. The molecule has 1 heterocycles. The van der Waals surface area contributed by atoms with Crippen LogP contribution in [-0.2, 0) is 14.6 Å². The molecule has 0 atom stereocenters. The Morgan fingerprint density at radius 2 is 2.16 bits per heavy atom. The van der Waals surface area contributed by atoms with Crippen LogP contribution in [0.1, 0.15) is 5.56 Å². The molecule has 0 spiro atoms.